The van der Waals surface area contributed by atoms with E-state index < -0.39 is 11.7 Å². The molecule has 7 aliphatic carbocycles. The molecule has 5 N–H and O–H groups in total. The molecule has 2 aromatic rings. The number of hydrogen-bond donors (Lipinski definition) is 4. The number of amides is 1. The Kier molecular flexibility index (Phi) is 12.8. The number of aliphatic hydroxyl groups excluding tert-OH is 1. The Hall–Kier alpha value is -3.09. The number of guanidine groups is 1. The van der Waals surface area contributed by atoms with Crippen molar-refractivity contribution in [3.05, 3.63) is 58.7 Å². The molecule has 8 fully saturated rings. The quantitative estimate of drug-likeness (QED) is 0.169. The summed E-state index contributed by atoms with van der Waals surface area (Å²) in [5.74, 6) is 4.01. The number of carbonyl (C=O) groups is 2. The van der Waals surface area contributed by atoms with Crippen molar-refractivity contribution < 1.29 is 29.3 Å². The Labute approximate surface area is 425 Å². The monoisotopic (exact) mass is 993 g/mol. The fraction of sp³-hybridized carbons (Fsp3) is 0.741. The van der Waals surface area contributed by atoms with Crippen LogP contribution in [0.4, 0.5) is 0 Å². The van der Waals surface area contributed by atoms with Crippen LogP contribution >= 0.6 is 21.6 Å². The number of nitrogens with zero attached hydrogens (tertiary/aromatic N) is 2. The lowest BCUT2D eigenvalue weighted by atomic mass is 9.57. The van der Waals surface area contributed by atoms with Crippen molar-refractivity contribution in [2.75, 3.05) is 18.8 Å². The minimum absolute atomic E-state index is 0.0209. The summed E-state index contributed by atoms with van der Waals surface area (Å²) < 4.78 is 13.9. The zero-order valence-corrected chi connectivity index (χ0v) is 43.5. The minimum atomic E-state index is -0.749. The predicted octanol–water partition coefficient (Wildman–Crippen LogP) is 11.4. The number of phenols is 1. The SMILES string of the molecule is CC(=O)OC12CC(O)C3CCCCCSSC4(CCCC45CCCC5)NC(N)=NCC4CCC(c5ccccc5)C45CC(=O)N(Cc4cc(c6c(c4O)OC47CCCC4CC6CC7)CC1CCC3C2)C5. The number of benzene rings is 2. The van der Waals surface area contributed by atoms with Gasteiger partial charge in [-0.3, -0.25) is 14.6 Å². The highest BCUT2D eigenvalue weighted by molar-refractivity contribution is 8.77. The van der Waals surface area contributed by atoms with Gasteiger partial charge in [0.2, 0.25) is 5.91 Å². The molecule has 12 aliphatic rings. The van der Waals surface area contributed by atoms with Crippen LogP contribution in [0.1, 0.15) is 195 Å². The van der Waals surface area contributed by atoms with E-state index in [1.807, 2.05) is 26.5 Å². The minimum Gasteiger partial charge on any atom is -0.504 e. The molecule has 10 bridgehead atoms. The molecule has 5 aliphatic heterocycles. The van der Waals surface area contributed by atoms with Crippen LogP contribution in [0.15, 0.2) is 41.4 Å². The third-order valence-corrected chi connectivity index (χ3v) is 24.6. The van der Waals surface area contributed by atoms with E-state index in [4.69, 9.17) is 20.2 Å². The second-order valence-corrected chi connectivity index (χ2v) is 27.4. The number of carbonyl (C=O) groups excluding carboxylic acids is 2. The lowest BCUT2D eigenvalue weighted by Crippen LogP contribution is -2.56. The van der Waals surface area contributed by atoms with Crippen LogP contribution in [0.3, 0.4) is 0 Å². The largest absolute Gasteiger partial charge is 0.504 e. The lowest BCUT2D eigenvalue weighted by Gasteiger charge is -2.54. The molecule has 12 atom stereocenters. The topological polar surface area (TPSA) is 147 Å². The van der Waals surface area contributed by atoms with E-state index in [1.54, 1.807) is 6.92 Å². The summed E-state index contributed by atoms with van der Waals surface area (Å²) in [5.41, 5.74) is 10.3. The van der Waals surface area contributed by atoms with Crippen molar-refractivity contribution in [3.8, 4) is 11.5 Å². The second-order valence-electron chi connectivity index (χ2n) is 24.7. The zero-order chi connectivity index (χ0) is 47.9. The van der Waals surface area contributed by atoms with E-state index in [1.165, 1.54) is 49.7 Å². The molecular formula is C58H80N4O6S2. The van der Waals surface area contributed by atoms with Gasteiger partial charge in [-0.25, -0.2) is 0 Å². The first-order valence-corrected chi connectivity index (χ1v) is 30.4. The van der Waals surface area contributed by atoms with Crippen LogP contribution in [0, 0.1) is 40.4 Å². The average molecular weight is 993 g/mol. The maximum Gasteiger partial charge on any atom is 0.303 e. The molecule has 10 nitrogen and oxygen atoms in total. The predicted molar refractivity (Wildman–Crippen MR) is 279 cm³/mol. The molecule has 14 rings (SSSR count). The Bertz CT molecular complexity index is 2330. The molecular weight excluding hydrogens is 913 g/mol. The molecule has 7 saturated carbocycles. The van der Waals surface area contributed by atoms with Crippen molar-refractivity contribution in [3.63, 3.8) is 0 Å². The number of hydrogen-bond acceptors (Lipinski definition) is 11. The summed E-state index contributed by atoms with van der Waals surface area (Å²) in [7, 11) is 4.06. The Morgan fingerprint density at radius 3 is 2.56 bits per heavy atom. The van der Waals surface area contributed by atoms with Crippen molar-refractivity contribution in [1.29, 1.82) is 0 Å². The number of fused-ring (bicyclic) bond motifs is 11. The molecule has 4 spiro atoms. The number of aliphatic imine (C=N–C) groups is 1. The number of nitrogens with one attached hydrogen (secondary N) is 1. The van der Waals surface area contributed by atoms with E-state index in [2.05, 4.69) is 41.7 Å². The van der Waals surface area contributed by atoms with Gasteiger partial charge in [0.25, 0.3) is 0 Å². The molecule has 0 aromatic heterocycles. The van der Waals surface area contributed by atoms with Crippen LogP contribution in [-0.2, 0) is 27.3 Å². The molecule has 12 heteroatoms. The summed E-state index contributed by atoms with van der Waals surface area (Å²) in [6.07, 6.45) is 25.2. The fourth-order valence-electron chi connectivity index (χ4n) is 18.1. The standard InChI is InChI=1S/C58H80N4O6S2/c1-37(63)67-57-31-40-16-17-44(57)30-41-28-42(51(66)52-50(41)39-20-26-56(68-52)24-10-14-43(56)29-39)35-62-36-55(33-49(62)65)45(18-19-47(55)38-12-4-2-5-13-38)34-60-53(59)61-58(25-11-23-54(58)21-7-8-22-54)70-69-27-9-3-6-15-46(40)48(64)32-57/h2,4-5,12-13,28,39-40,43-48,64,66H,3,6-11,14-27,29-36H2,1H3,(H3,59,60,61). The zero-order valence-electron chi connectivity index (χ0n) is 41.9. The van der Waals surface area contributed by atoms with Crippen molar-refractivity contribution >= 4 is 39.4 Å². The van der Waals surface area contributed by atoms with Crippen molar-refractivity contribution in [2.45, 2.75) is 208 Å². The van der Waals surface area contributed by atoms with Gasteiger partial charge in [0.1, 0.15) is 16.1 Å². The summed E-state index contributed by atoms with van der Waals surface area (Å²) in [5, 5.41) is 28.8. The number of phenolic OH excluding ortho intramolecular Hbond substituents is 1. The molecule has 70 heavy (non-hydrogen) atoms. The highest BCUT2D eigenvalue weighted by Crippen LogP contribution is 2.65. The molecule has 1 amide bonds. The number of aromatic hydroxyl groups is 1. The van der Waals surface area contributed by atoms with Crippen molar-refractivity contribution in [2.24, 2.45) is 51.1 Å². The van der Waals surface area contributed by atoms with E-state index in [0.29, 0.717) is 62.4 Å². The Morgan fingerprint density at radius 2 is 1.71 bits per heavy atom. The number of rotatable bonds is 2. The van der Waals surface area contributed by atoms with Gasteiger partial charge in [-0.05, 0) is 175 Å². The Morgan fingerprint density at radius 1 is 0.886 bits per heavy atom. The van der Waals surface area contributed by atoms with Gasteiger partial charge >= 0.3 is 5.97 Å². The van der Waals surface area contributed by atoms with Crippen molar-refractivity contribution in [1.82, 2.24) is 10.2 Å². The molecule has 12 unspecified atom stereocenters. The van der Waals surface area contributed by atoms with Crippen LogP contribution < -0.4 is 15.8 Å². The molecule has 1 saturated heterocycles. The first-order valence-electron chi connectivity index (χ1n) is 28.1. The molecule has 0 radical (unpaired) electrons. The summed E-state index contributed by atoms with van der Waals surface area (Å²) in [6.45, 7) is 3.02. The smallest absolute Gasteiger partial charge is 0.303 e. The summed E-state index contributed by atoms with van der Waals surface area (Å²) in [4.78, 5) is 35.2. The van der Waals surface area contributed by atoms with Crippen LogP contribution in [0.2, 0.25) is 0 Å². The van der Waals surface area contributed by atoms with E-state index in [0.717, 1.165) is 120 Å². The van der Waals surface area contributed by atoms with Crippen LogP contribution in [0.5, 0.6) is 11.5 Å². The third-order valence-electron chi connectivity index (χ3n) is 21.3. The maximum absolute atomic E-state index is 14.9. The second kappa shape index (κ2) is 18.7. The van der Waals surface area contributed by atoms with Crippen LogP contribution in [-0.4, -0.2) is 74.0 Å². The Balaban J connectivity index is 0.930. The maximum atomic E-state index is 14.9. The fourth-order valence-corrected chi connectivity index (χ4v) is 21.7. The van der Waals surface area contributed by atoms with Gasteiger partial charge in [-0.2, -0.15) is 0 Å². The van der Waals surface area contributed by atoms with E-state index >= 15 is 0 Å². The van der Waals surface area contributed by atoms with Gasteiger partial charge in [-0.1, -0.05) is 77.6 Å². The van der Waals surface area contributed by atoms with Gasteiger partial charge in [0, 0.05) is 73.0 Å². The number of ether oxygens (including phenoxy) is 2. The highest BCUT2D eigenvalue weighted by Gasteiger charge is 2.60. The van der Waals surface area contributed by atoms with Crippen LogP contribution in [0.25, 0.3) is 0 Å². The van der Waals surface area contributed by atoms with E-state index in [-0.39, 0.29) is 68.5 Å². The number of aliphatic hydroxyl groups is 1. The molecule has 5 heterocycles. The first-order chi connectivity index (χ1) is 33.9. The third kappa shape index (κ3) is 8.10. The highest BCUT2D eigenvalue weighted by atomic mass is 33.1. The van der Waals surface area contributed by atoms with Gasteiger partial charge in [0.05, 0.1) is 6.10 Å². The molecule has 380 valence electrons. The van der Waals surface area contributed by atoms with Gasteiger partial charge in [0.15, 0.2) is 17.5 Å². The molecule has 2 aromatic carbocycles. The number of nitrogens with two attached hydrogens (primary N) is 1. The summed E-state index contributed by atoms with van der Waals surface area (Å²) >= 11 is 0. The summed E-state index contributed by atoms with van der Waals surface area (Å²) in [6, 6.07) is 13.1. The number of esters is 1. The van der Waals surface area contributed by atoms with Gasteiger partial charge in [-0.15, -0.1) is 0 Å². The average Bonchev–Trinajstić information content (AvgIpc) is 4.16. The lowest BCUT2D eigenvalue weighted by molar-refractivity contribution is -0.195. The van der Waals surface area contributed by atoms with E-state index in [9.17, 15) is 19.8 Å². The first kappa shape index (κ1) is 47.9. The van der Waals surface area contributed by atoms with Gasteiger partial charge < -0.3 is 35.6 Å². The normalized spacial score (nSPS) is 40.3.